The zero-order chi connectivity index (χ0) is 12.8. The Morgan fingerprint density at radius 3 is 2.35 bits per heavy atom. The highest BCUT2D eigenvalue weighted by Crippen LogP contribution is 2.36. The minimum atomic E-state index is -0.589. The number of rotatable bonds is 1. The van der Waals surface area contributed by atoms with Crippen molar-refractivity contribution in [3.05, 3.63) is 40.5 Å². The monoisotopic (exact) mass is 230 g/mol. The maximum atomic E-state index is 12.3. The second-order valence-electron chi connectivity index (χ2n) is 5.40. The maximum Gasteiger partial charge on any atom is 0.364 e. The molecule has 4 heteroatoms. The number of nitroso groups, excluding NO2 is 1. The number of aliphatic imine (C=N–C) groups is 1. The van der Waals surface area contributed by atoms with Crippen LogP contribution in [0.5, 0.6) is 0 Å². The number of benzene rings is 1. The Morgan fingerprint density at radius 1 is 1.24 bits per heavy atom. The van der Waals surface area contributed by atoms with Crippen molar-refractivity contribution in [1.82, 2.24) is 0 Å². The predicted molar refractivity (Wildman–Crippen MR) is 67.8 cm³/mol. The number of hydrogen-bond donors (Lipinski definition) is 0. The van der Waals surface area contributed by atoms with Crippen LogP contribution in [0.25, 0.3) is 5.73 Å². The second kappa shape index (κ2) is 3.39. The van der Waals surface area contributed by atoms with E-state index in [2.05, 4.69) is 4.99 Å². The van der Waals surface area contributed by atoms with E-state index in [4.69, 9.17) is 0 Å². The number of hydrogen-bond acceptors (Lipinski definition) is 2. The van der Waals surface area contributed by atoms with Crippen molar-refractivity contribution in [3.8, 4) is 0 Å². The van der Waals surface area contributed by atoms with Crippen LogP contribution in [0.1, 0.15) is 33.3 Å². The summed E-state index contributed by atoms with van der Waals surface area (Å²) in [7, 11) is 0. The Morgan fingerprint density at radius 2 is 1.88 bits per heavy atom. The smallest absolute Gasteiger partial charge is 0.364 e. The normalized spacial score (nSPS) is 21.4. The minimum absolute atomic E-state index is 0.140. The van der Waals surface area contributed by atoms with Crippen LogP contribution in [0.4, 0.5) is 5.69 Å². The van der Waals surface area contributed by atoms with Gasteiger partial charge in [0.2, 0.25) is 0 Å². The molecule has 89 valence electrons. The first-order valence-corrected chi connectivity index (χ1v) is 5.62. The second-order valence-corrected chi connectivity index (χ2v) is 5.40. The van der Waals surface area contributed by atoms with Crippen LogP contribution in [0.15, 0.2) is 29.3 Å². The lowest BCUT2D eigenvalue weighted by molar-refractivity contribution is -0.514. The molecular weight excluding hydrogens is 214 g/mol. The van der Waals surface area contributed by atoms with Crippen LogP contribution in [0.2, 0.25) is 0 Å². The fraction of sp³-hybridized carbons (Fsp3) is 0.462. The lowest BCUT2D eigenvalue weighted by atomic mass is 9.84. The summed E-state index contributed by atoms with van der Waals surface area (Å²) >= 11 is 0. The van der Waals surface area contributed by atoms with Crippen molar-refractivity contribution in [3.63, 3.8) is 0 Å². The van der Waals surface area contributed by atoms with Gasteiger partial charge < -0.3 is 5.73 Å². The molecule has 1 radical (unpaired) electrons. The van der Waals surface area contributed by atoms with Gasteiger partial charge >= 0.3 is 5.84 Å². The van der Waals surface area contributed by atoms with Gasteiger partial charge in [-0.1, -0.05) is 28.1 Å². The molecule has 2 rings (SSSR count). The molecule has 0 unspecified atom stereocenters. The van der Waals surface area contributed by atoms with Crippen molar-refractivity contribution in [2.75, 3.05) is 0 Å². The fourth-order valence-electron chi connectivity index (χ4n) is 1.79. The van der Waals surface area contributed by atoms with Gasteiger partial charge in [-0.2, -0.15) is 5.69 Å². The zero-order valence-electron chi connectivity index (χ0n) is 10.6. The van der Waals surface area contributed by atoms with Crippen molar-refractivity contribution in [2.24, 2.45) is 4.99 Å². The number of nitrogens with zero attached hydrogens (tertiary/aromatic N) is 3. The Bertz CT molecular complexity index is 515. The first-order chi connectivity index (χ1) is 7.75. The van der Waals surface area contributed by atoms with Gasteiger partial charge in [-0.15, -0.1) is 0 Å². The molecular formula is C13H16N3O. The van der Waals surface area contributed by atoms with E-state index in [0.29, 0.717) is 11.4 Å². The predicted octanol–water partition coefficient (Wildman–Crippen LogP) is 3.25. The van der Waals surface area contributed by atoms with Gasteiger partial charge in [0, 0.05) is 0 Å². The van der Waals surface area contributed by atoms with E-state index in [1.807, 2.05) is 27.7 Å². The fourth-order valence-corrected chi connectivity index (χ4v) is 1.79. The van der Waals surface area contributed by atoms with Crippen LogP contribution in [0, 0.1) is 4.91 Å². The minimum Gasteiger partial charge on any atom is -0.804 e. The molecule has 4 nitrogen and oxygen atoms in total. The molecule has 0 saturated carbocycles. The van der Waals surface area contributed by atoms with Crippen molar-refractivity contribution < 1.29 is 4.76 Å². The third-order valence-electron chi connectivity index (χ3n) is 3.69. The molecule has 1 aromatic rings. The van der Waals surface area contributed by atoms with Crippen LogP contribution in [-0.4, -0.2) is 21.7 Å². The molecule has 17 heavy (non-hydrogen) atoms. The van der Waals surface area contributed by atoms with Gasteiger partial charge in [0.1, 0.15) is 0 Å². The third kappa shape index (κ3) is 1.64. The Kier molecular flexibility index (Phi) is 2.35. The Labute approximate surface area is 101 Å². The zero-order valence-corrected chi connectivity index (χ0v) is 10.6. The Balaban J connectivity index is 2.53. The summed E-state index contributed by atoms with van der Waals surface area (Å²) in [5, 5.41) is 0. The van der Waals surface area contributed by atoms with E-state index in [1.165, 1.54) is 0 Å². The molecule has 1 aliphatic rings. The summed E-state index contributed by atoms with van der Waals surface area (Å²) in [5.41, 5.74) is 9.20. The van der Waals surface area contributed by atoms with Crippen molar-refractivity contribution >= 4 is 11.5 Å². The summed E-state index contributed by atoms with van der Waals surface area (Å²) in [6.45, 7) is 7.62. The van der Waals surface area contributed by atoms with Gasteiger partial charge in [0.15, 0.2) is 11.1 Å². The van der Waals surface area contributed by atoms with Crippen LogP contribution >= 0.6 is 0 Å². The van der Waals surface area contributed by atoms with Gasteiger partial charge in [-0.25, -0.2) is 0 Å². The number of amidine groups is 1. The van der Waals surface area contributed by atoms with E-state index in [1.54, 1.807) is 24.3 Å². The molecule has 1 aliphatic heterocycles. The van der Waals surface area contributed by atoms with Gasteiger partial charge in [0.25, 0.3) is 0 Å². The molecule has 0 aromatic heterocycles. The molecule has 0 spiro atoms. The summed E-state index contributed by atoms with van der Waals surface area (Å²) in [5.74, 6) is 0.385. The van der Waals surface area contributed by atoms with Crippen molar-refractivity contribution in [2.45, 2.75) is 38.8 Å². The van der Waals surface area contributed by atoms with E-state index in [9.17, 15) is 10.6 Å². The van der Waals surface area contributed by atoms with E-state index in [0.717, 1.165) is 4.76 Å². The molecule has 1 aromatic carbocycles. The quantitative estimate of drug-likeness (QED) is 0.683. The van der Waals surface area contributed by atoms with Gasteiger partial charge in [-0.05, 0) is 38.5 Å². The summed E-state index contributed by atoms with van der Waals surface area (Å²) in [6.07, 6.45) is 0. The standard InChI is InChI=1S/C13H16N3O/c1-12(2)13(3,4)16(17)11(15-12)9-6-5-7-10(14)8-9/h5-8H,1-4H3. The molecule has 1 heterocycles. The van der Waals surface area contributed by atoms with Crippen LogP contribution < -0.4 is 0 Å². The van der Waals surface area contributed by atoms with E-state index in [-0.39, 0.29) is 5.69 Å². The SMILES string of the molecule is CC1(C)N=C(c2cccc([N-])c2)[N+](=O)C1(C)C. The molecule has 0 atom stereocenters. The molecule has 0 N–H and O–H groups in total. The molecule has 0 saturated heterocycles. The average molecular weight is 230 g/mol. The summed E-state index contributed by atoms with van der Waals surface area (Å²) in [4.78, 5) is 16.7. The van der Waals surface area contributed by atoms with Crippen LogP contribution in [0.3, 0.4) is 0 Å². The van der Waals surface area contributed by atoms with Crippen LogP contribution in [-0.2, 0) is 0 Å². The maximum absolute atomic E-state index is 12.3. The largest absolute Gasteiger partial charge is 0.804 e. The first-order valence-electron chi connectivity index (χ1n) is 5.62. The summed E-state index contributed by atoms with van der Waals surface area (Å²) in [6, 6.07) is 6.62. The highest BCUT2D eigenvalue weighted by molar-refractivity contribution is 5.95. The third-order valence-corrected chi connectivity index (χ3v) is 3.69. The first kappa shape index (κ1) is 11.8. The van der Waals surface area contributed by atoms with Crippen molar-refractivity contribution in [1.29, 1.82) is 0 Å². The topological polar surface area (TPSA) is 54.7 Å². The summed E-state index contributed by atoms with van der Waals surface area (Å²) < 4.78 is 0.932. The van der Waals surface area contributed by atoms with Gasteiger partial charge in [-0.3, -0.25) is 0 Å². The Hall–Kier alpha value is -1.71. The highest BCUT2D eigenvalue weighted by Gasteiger charge is 2.59. The molecule has 0 aliphatic carbocycles. The molecule has 0 fully saturated rings. The highest BCUT2D eigenvalue weighted by atomic mass is 16.3. The van der Waals surface area contributed by atoms with Gasteiger partial charge in [0.05, 0.1) is 5.56 Å². The lowest BCUT2D eigenvalue weighted by Gasteiger charge is -2.22. The molecule has 0 amide bonds. The average Bonchev–Trinajstić information content (AvgIpc) is 2.39. The molecule has 0 bridgehead atoms. The van der Waals surface area contributed by atoms with E-state index >= 15 is 0 Å². The lowest BCUT2D eigenvalue weighted by Crippen LogP contribution is -2.47. The van der Waals surface area contributed by atoms with E-state index < -0.39 is 11.1 Å².